The van der Waals surface area contributed by atoms with Crippen LogP contribution in [-0.4, -0.2) is 77.6 Å². The molecule has 0 amide bonds. The van der Waals surface area contributed by atoms with Crippen molar-refractivity contribution in [3.63, 3.8) is 0 Å². The van der Waals surface area contributed by atoms with Crippen molar-refractivity contribution in [1.29, 1.82) is 0 Å². The minimum absolute atomic E-state index is 0.126. The molecule has 3 aliphatic rings. The summed E-state index contributed by atoms with van der Waals surface area (Å²) in [6, 6.07) is 0. The summed E-state index contributed by atoms with van der Waals surface area (Å²) in [7, 11) is 3.08. The van der Waals surface area contributed by atoms with Gasteiger partial charge in [0.05, 0.1) is 44.6 Å². The van der Waals surface area contributed by atoms with Crippen molar-refractivity contribution in [2.24, 2.45) is 76.9 Å². The Labute approximate surface area is 524 Å². The minimum atomic E-state index is -0.776. The number of carboxylic acids is 1. The van der Waals surface area contributed by atoms with Crippen LogP contribution < -0.4 is 0 Å². The fourth-order valence-corrected chi connectivity index (χ4v) is 9.81. The molecule has 3 N–H and O–H groups in total. The molecule has 0 saturated carbocycles. The summed E-state index contributed by atoms with van der Waals surface area (Å²) < 4.78 is 20.4. The van der Waals surface area contributed by atoms with Crippen LogP contribution in [0.2, 0.25) is 0 Å². The smallest absolute Gasteiger partial charge is 0.305 e. The van der Waals surface area contributed by atoms with Crippen molar-refractivity contribution in [1.82, 2.24) is 0 Å². The van der Waals surface area contributed by atoms with Gasteiger partial charge in [0.25, 0.3) is 0 Å². The number of carbonyl (C=O) groups excluding carboxylic acids is 3. The lowest BCUT2D eigenvalue weighted by Gasteiger charge is -2.34. The average Bonchev–Trinajstić information content (AvgIpc) is 3.47. The highest BCUT2D eigenvalue weighted by atomic mass is 16.6. The summed E-state index contributed by atoms with van der Waals surface area (Å²) in [6.07, 6.45) is 26.0. The molecule has 11 heteroatoms. The number of ketones is 2. The lowest BCUT2D eigenvalue weighted by Crippen LogP contribution is -2.36. The topological polar surface area (TPSA) is 166 Å². The van der Waals surface area contributed by atoms with Crippen LogP contribution >= 0.6 is 0 Å². The van der Waals surface area contributed by atoms with Crippen molar-refractivity contribution >= 4 is 23.5 Å². The minimum Gasteiger partial charge on any atom is -0.502 e. The van der Waals surface area contributed by atoms with E-state index in [9.17, 15) is 29.4 Å². The Morgan fingerprint density at radius 3 is 1.49 bits per heavy atom. The Morgan fingerprint density at radius 1 is 0.624 bits per heavy atom. The van der Waals surface area contributed by atoms with Gasteiger partial charge in [-0.05, 0) is 236 Å². The highest BCUT2D eigenvalue weighted by Crippen LogP contribution is 2.31. The van der Waals surface area contributed by atoms with E-state index in [1.54, 1.807) is 19.6 Å². The van der Waals surface area contributed by atoms with Crippen LogP contribution in [-0.2, 0) is 38.1 Å². The number of ether oxygens (including phenoxy) is 4. The summed E-state index contributed by atoms with van der Waals surface area (Å²) in [4.78, 5) is 43.2. The van der Waals surface area contributed by atoms with Gasteiger partial charge in [-0.25, -0.2) is 0 Å². The molecule has 1 fully saturated rings. The fraction of sp³-hybridized carbons (Fsp3) is 0.811. The van der Waals surface area contributed by atoms with Gasteiger partial charge in [-0.1, -0.05) is 132 Å². The summed E-state index contributed by atoms with van der Waals surface area (Å²) in [5.74, 6) is 7.51. The van der Waals surface area contributed by atoms with Gasteiger partial charge in [0.1, 0.15) is 11.6 Å². The number of aliphatic hydroxyl groups excluding tert-OH is 2. The van der Waals surface area contributed by atoms with Crippen LogP contribution in [0, 0.1) is 76.9 Å². The van der Waals surface area contributed by atoms with Crippen LogP contribution in [0.4, 0.5) is 0 Å². The number of Topliss-reactive ketones (excluding diaryl/α,β-unsaturated/α-hetero) is 2. The molecule has 3 rings (SSSR count). The first-order valence-electron chi connectivity index (χ1n) is 33.1. The van der Waals surface area contributed by atoms with Crippen LogP contribution in [0.25, 0.3) is 0 Å². The van der Waals surface area contributed by atoms with Gasteiger partial charge < -0.3 is 43.9 Å². The van der Waals surface area contributed by atoms with Gasteiger partial charge in [-0.3, -0.25) is 9.59 Å². The number of esters is 1. The Morgan fingerprint density at radius 2 is 1.14 bits per heavy atom. The monoisotopic (exact) mass is 1200 g/mol. The van der Waals surface area contributed by atoms with E-state index in [0.29, 0.717) is 96.7 Å². The number of aliphatic hydroxyl groups is 2. The van der Waals surface area contributed by atoms with Crippen molar-refractivity contribution < 1.29 is 53.4 Å². The van der Waals surface area contributed by atoms with E-state index >= 15 is 0 Å². The molecule has 1 saturated heterocycles. The molecule has 1 aliphatic carbocycles. The first-order valence-corrected chi connectivity index (χ1v) is 33.1. The van der Waals surface area contributed by atoms with Crippen LogP contribution in [0.15, 0.2) is 58.6 Å². The van der Waals surface area contributed by atoms with Crippen LogP contribution in [0.1, 0.15) is 276 Å². The van der Waals surface area contributed by atoms with Crippen molar-refractivity contribution in [2.75, 3.05) is 14.2 Å². The van der Waals surface area contributed by atoms with Crippen molar-refractivity contribution in [2.45, 2.75) is 300 Å². The van der Waals surface area contributed by atoms with E-state index in [2.05, 4.69) is 148 Å². The number of allylic oxidation sites excluding steroid dienone is 9. The van der Waals surface area contributed by atoms with E-state index in [-0.39, 0.29) is 36.3 Å². The maximum absolute atomic E-state index is 11.2. The molecule has 85 heavy (non-hydrogen) atoms. The third-order valence-electron chi connectivity index (χ3n) is 16.6. The largest absolute Gasteiger partial charge is 0.502 e. The zero-order valence-corrected chi connectivity index (χ0v) is 60.1. The molecular weight excluding hydrogens is 1060 g/mol. The molecule has 2 aliphatic heterocycles. The number of hydrogen-bond donors (Lipinski definition) is 3. The van der Waals surface area contributed by atoms with Gasteiger partial charge >= 0.3 is 11.9 Å². The lowest BCUT2D eigenvalue weighted by molar-refractivity contribution is -0.197. The van der Waals surface area contributed by atoms with Crippen molar-refractivity contribution in [3.05, 3.63) is 58.6 Å². The number of carboxylic acid groups (broad SMARTS) is 1. The number of rotatable bonds is 25. The highest BCUT2D eigenvalue weighted by Gasteiger charge is 2.29. The number of carbonyl (C=O) groups is 4. The Hall–Kier alpha value is -3.54. The second-order valence-corrected chi connectivity index (χ2v) is 27.8. The zero-order valence-electron chi connectivity index (χ0n) is 60.1. The average molecular weight is 1200 g/mol. The molecule has 0 aromatic rings. The zero-order chi connectivity index (χ0) is 66.7. The van der Waals surface area contributed by atoms with Crippen LogP contribution in [0.5, 0.6) is 0 Å². The normalized spacial score (nSPS) is 20.1. The third kappa shape index (κ3) is 52.1. The van der Waals surface area contributed by atoms with E-state index < -0.39 is 12.3 Å². The quantitative estimate of drug-likeness (QED) is 0.0452. The van der Waals surface area contributed by atoms with Crippen molar-refractivity contribution in [3.8, 4) is 0 Å². The second kappa shape index (κ2) is 51.4. The third-order valence-corrected chi connectivity index (χ3v) is 16.6. The molecule has 11 nitrogen and oxygen atoms in total. The Balaban J connectivity index is -0.000000452. The molecule has 0 bridgehead atoms. The van der Waals surface area contributed by atoms with Crippen LogP contribution in [0.3, 0.4) is 0 Å². The van der Waals surface area contributed by atoms with Gasteiger partial charge in [0.15, 0.2) is 6.29 Å². The number of hydrogen-bond acceptors (Lipinski definition) is 10. The van der Waals surface area contributed by atoms with Gasteiger partial charge in [-0.2, -0.15) is 0 Å². The fourth-order valence-electron chi connectivity index (χ4n) is 9.81. The Kier molecular flexibility index (Phi) is 53.1. The number of methoxy groups -OCH3 is 2. The van der Waals surface area contributed by atoms with E-state index in [1.807, 2.05) is 47.0 Å². The first-order chi connectivity index (χ1) is 39.3. The lowest BCUT2D eigenvalue weighted by atomic mass is 9.83. The summed E-state index contributed by atoms with van der Waals surface area (Å²) in [6.45, 7) is 52.3. The predicted molar refractivity (Wildman–Crippen MR) is 360 cm³/mol. The summed E-state index contributed by atoms with van der Waals surface area (Å²) in [5, 5.41) is 27.3. The molecule has 0 spiro atoms. The summed E-state index contributed by atoms with van der Waals surface area (Å²) in [5.41, 5.74) is 5.78. The molecular formula is C74H138O11. The number of aliphatic carboxylic acids is 1. The molecule has 0 radical (unpaired) electrons. The highest BCUT2D eigenvalue weighted by molar-refractivity contribution is 5.75. The van der Waals surface area contributed by atoms with Gasteiger partial charge in [0, 0.05) is 31.6 Å². The first kappa shape index (κ1) is 87.9. The Bertz CT molecular complexity index is 1890. The van der Waals surface area contributed by atoms with E-state index in [1.165, 1.54) is 62.9 Å². The molecule has 10 atom stereocenters. The molecule has 0 aromatic heterocycles. The molecule has 500 valence electrons. The van der Waals surface area contributed by atoms with E-state index in [4.69, 9.17) is 19.3 Å². The second-order valence-electron chi connectivity index (χ2n) is 27.8. The maximum atomic E-state index is 11.2. The summed E-state index contributed by atoms with van der Waals surface area (Å²) >= 11 is 0. The maximum Gasteiger partial charge on any atom is 0.305 e. The predicted octanol–water partition coefficient (Wildman–Crippen LogP) is 19.7. The van der Waals surface area contributed by atoms with Gasteiger partial charge in [-0.15, -0.1) is 0 Å². The molecule has 0 aromatic carbocycles. The molecule has 4 unspecified atom stereocenters. The standard InChI is InChI=1S/C12H22O3.C12H24O.C12H22O.C10H18O3.C10H18.C9H18O2.C9H16O/c1-9(2)11(8-12(13)15-5)7-6-10(3)14-4;2*1-9(2)8-12(10(3)4)7-6-11(5)13;1-7(2)9(6-10(12)13)5-4-8(3)11;1-8(2)10-6-4-9(3)5-7-10;1-6(2)8-5-4-7(3)11-9(8)10;1-7(2)9-5-4-8(3)10-6-9/h6,9,11H,7-8H2,1-5H3;8,10-13H,6-7H2,1-5H3;8,10,12H,6-7H2,1-5H3;7,9H,4-6H2,1-3H3,(H,12,13);4,8,10H,5-7H2,1-3H3;6-10H,4-5H2,1-3H3;6-8H,4-5H2,1-3H3/t11-;11?,12-;12-;9-;10-;7?,8-,9?;/m000011./s1. The van der Waals surface area contributed by atoms with E-state index in [0.717, 1.165) is 56.1 Å². The van der Waals surface area contributed by atoms with Gasteiger partial charge in [0.2, 0.25) is 0 Å². The SMILES string of the molecule is CC(=O)CC[C@@H](C=C(C)C)C(C)C.CC(=O)CC[C@@H](CC(=O)O)C(C)C.CC(C)=C[C@H](CCC(C)O)C(C)C.CC1=CC[C@@H](C(C)C)CC1.CC1CCC(C(C)C)=CO1.CC1CC[C@H](C(C)C)C(O)O1.COC(=O)C[C@H](CC=C(C)OC)C(C)C. The molecule has 2 heterocycles.